The fourth-order valence-corrected chi connectivity index (χ4v) is 2.24. The molecule has 0 aliphatic heterocycles. The number of aldehydes is 1. The Balaban J connectivity index is 2.29. The van der Waals surface area contributed by atoms with E-state index in [0.717, 1.165) is 28.9 Å². The minimum Gasteiger partial charge on any atom is -0.331 e. The van der Waals surface area contributed by atoms with Crippen molar-refractivity contribution in [2.24, 2.45) is 7.05 Å². The predicted octanol–water partition coefficient (Wildman–Crippen LogP) is 1.38. The molecule has 0 saturated carbocycles. The lowest BCUT2D eigenvalue weighted by molar-refractivity contribution is 0.112. The summed E-state index contributed by atoms with van der Waals surface area (Å²) in [6.07, 6.45) is 0.742. The molecule has 1 aromatic carbocycles. The highest BCUT2D eigenvalue weighted by Gasteiger charge is 2.14. The van der Waals surface area contributed by atoms with Gasteiger partial charge in [0.25, 0.3) is 0 Å². The lowest BCUT2D eigenvalue weighted by Gasteiger charge is -2.04. The number of nitrogens with one attached hydrogen (secondary N) is 2. The Morgan fingerprint density at radius 2 is 2.00 bits per heavy atom. The first kappa shape index (κ1) is 11.5. The standard InChI is InChI=1S/C13H12N4O2/c1-7-14-11(6-18)12(17(7)2)8-3-4-9-10(5-8)16-13(19)15-9/h3-6H,1-2H3,(H2,15,16,19). The number of benzene rings is 1. The van der Waals surface area contributed by atoms with E-state index in [4.69, 9.17) is 0 Å². The average molecular weight is 256 g/mol. The summed E-state index contributed by atoms with van der Waals surface area (Å²) in [5, 5.41) is 0. The van der Waals surface area contributed by atoms with Crippen molar-refractivity contribution in [1.29, 1.82) is 0 Å². The van der Waals surface area contributed by atoms with E-state index in [0.29, 0.717) is 11.2 Å². The Hall–Kier alpha value is -2.63. The summed E-state index contributed by atoms with van der Waals surface area (Å²) < 4.78 is 1.86. The van der Waals surface area contributed by atoms with Crippen molar-refractivity contribution >= 4 is 17.3 Å². The second-order valence-electron chi connectivity index (χ2n) is 4.41. The largest absolute Gasteiger partial charge is 0.331 e. The third kappa shape index (κ3) is 1.69. The van der Waals surface area contributed by atoms with Crippen LogP contribution in [0.15, 0.2) is 23.0 Å². The van der Waals surface area contributed by atoms with Crippen LogP contribution in [-0.4, -0.2) is 25.8 Å². The Morgan fingerprint density at radius 1 is 1.26 bits per heavy atom. The summed E-state index contributed by atoms with van der Waals surface area (Å²) in [6, 6.07) is 5.49. The molecule has 0 bridgehead atoms. The number of aromatic amines is 2. The molecule has 0 spiro atoms. The summed E-state index contributed by atoms with van der Waals surface area (Å²) in [6.45, 7) is 1.84. The van der Waals surface area contributed by atoms with Crippen molar-refractivity contribution in [3.8, 4) is 11.3 Å². The molecule has 0 aliphatic rings. The topological polar surface area (TPSA) is 83.5 Å². The quantitative estimate of drug-likeness (QED) is 0.679. The molecular formula is C13H12N4O2. The van der Waals surface area contributed by atoms with Gasteiger partial charge in [0, 0.05) is 12.6 Å². The maximum absolute atomic E-state index is 11.2. The van der Waals surface area contributed by atoms with Crippen LogP contribution in [0.1, 0.15) is 16.3 Å². The highest BCUT2D eigenvalue weighted by molar-refractivity contribution is 5.87. The molecule has 0 atom stereocenters. The zero-order chi connectivity index (χ0) is 13.6. The van der Waals surface area contributed by atoms with Crippen LogP contribution >= 0.6 is 0 Å². The van der Waals surface area contributed by atoms with Gasteiger partial charge >= 0.3 is 5.69 Å². The molecule has 2 heterocycles. The molecule has 6 nitrogen and oxygen atoms in total. The first-order valence-corrected chi connectivity index (χ1v) is 5.81. The van der Waals surface area contributed by atoms with Crippen molar-refractivity contribution in [3.63, 3.8) is 0 Å². The normalized spacial score (nSPS) is 11.1. The Kier molecular flexibility index (Phi) is 2.38. The number of rotatable bonds is 2. The molecule has 0 aliphatic carbocycles. The van der Waals surface area contributed by atoms with Gasteiger partial charge in [-0.1, -0.05) is 6.07 Å². The molecule has 3 aromatic rings. The maximum Gasteiger partial charge on any atom is 0.323 e. The van der Waals surface area contributed by atoms with Crippen LogP contribution in [0.25, 0.3) is 22.3 Å². The number of carbonyl (C=O) groups is 1. The van der Waals surface area contributed by atoms with Gasteiger partial charge in [0.05, 0.1) is 16.7 Å². The van der Waals surface area contributed by atoms with Gasteiger partial charge in [-0.3, -0.25) is 4.79 Å². The minimum atomic E-state index is -0.246. The molecule has 0 amide bonds. The van der Waals surface area contributed by atoms with E-state index in [2.05, 4.69) is 15.0 Å². The first-order chi connectivity index (χ1) is 9.10. The molecule has 96 valence electrons. The monoisotopic (exact) mass is 256 g/mol. The summed E-state index contributed by atoms with van der Waals surface area (Å²) in [5.41, 5.74) is 3.18. The predicted molar refractivity (Wildman–Crippen MR) is 71.2 cm³/mol. The molecule has 19 heavy (non-hydrogen) atoms. The van der Waals surface area contributed by atoms with Gasteiger partial charge < -0.3 is 14.5 Å². The van der Waals surface area contributed by atoms with Gasteiger partial charge in [-0.05, 0) is 19.1 Å². The maximum atomic E-state index is 11.2. The minimum absolute atomic E-state index is 0.246. The molecule has 0 radical (unpaired) electrons. The van der Waals surface area contributed by atoms with E-state index < -0.39 is 0 Å². The number of aryl methyl sites for hydroxylation is 1. The second kappa shape index (κ2) is 3.94. The summed E-state index contributed by atoms with van der Waals surface area (Å²) in [4.78, 5) is 31.9. The Bertz CT molecular complexity index is 838. The Labute approximate surface area is 108 Å². The van der Waals surface area contributed by atoms with Crippen molar-refractivity contribution < 1.29 is 4.79 Å². The molecule has 0 fully saturated rings. The van der Waals surface area contributed by atoms with Crippen LogP contribution in [0, 0.1) is 6.92 Å². The van der Waals surface area contributed by atoms with Crippen molar-refractivity contribution in [3.05, 3.63) is 40.2 Å². The van der Waals surface area contributed by atoms with Crippen LogP contribution in [0.2, 0.25) is 0 Å². The number of H-pyrrole nitrogens is 2. The van der Waals surface area contributed by atoms with Crippen LogP contribution in [0.3, 0.4) is 0 Å². The van der Waals surface area contributed by atoms with E-state index >= 15 is 0 Å². The van der Waals surface area contributed by atoms with Crippen LogP contribution < -0.4 is 5.69 Å². The highest BCUT2D eigenvalue weighted by atomic mass is 16.1. The smallest absolute Gasteiger partial charge is 0.323 e. The summed E-state index contributed by atoms with van der Waals surface area (Å²) in [7, 11) is 1.86. The van der Waals surface area contributed by atoms with E-state index in [1.54, 1.807) is 6.07 Å². The molecule has 0 saturated heterocycles. The number of imidazole rings is 2. The van der Waals surface area contributed by atoms with Crippen molar-refractivity contribution in [1.82, 2.24) is 19.5 Å². The number of fused-ring (bicyclic) bond motifs is 1. The number of hydrogen-bond acceptors (Lipinski definition) is 3. The Morgan fingerprint density at radius 3 is 2.74 bits per heavy atom. The zero-order valence-electron chi connectivity index (χ0n) is 10.5. The molecule has 2 aromatic heterocycles. The van der Waals surface area contributed by atoms with Crippen molar-refractivity contribution in [2.75, 3.05) is 0 Å². The van der Waals surface area contributed by atoms with Gasteiger partial charge in [0.1, 0.15) is 11.5 Å². The number of carbonyl (C=O) groups excluding carboxylic acids is 1. The summed E-state index contributed by atoms with van der Waals surface area (Å²) in [5.74, 6) is 0.764. The van der Waals surface area contributed by atoms with Gasteiger partial charge in [0.15, 0.2) is 6.29 Å². The van der Waals surface area contributed by atoms with Crippen LogP contribution in [0.4, 0.5) is 0 Å². The first-order valence-electron chi connectivity index (χ1n) is 5.81. The van der Waals surface area contributed by atoms with Gasteiger partial charge in [-0.25, -0.2) is 9.78 Å². The van der Waals surface area contributed by atoms with Gasteiger partial charge in [-0.15, -0.1) is 0 Å². The lowest BCUT2D eigenvalue weighted by Crippen LogP contribution is -1.99. The molecular weight excluding hydrogens is 244 g/mol. The van der Waals surface area contributed by atoms with Crippen LogP contribution in [-0.2, 0) is 7.05 Å². The fourth-order valence-electron chi connectivity index (χ4n) is 2.24. The SMILES string of the molecule is Cc1nc(C=O)c(-c2ccc3[nH]c(=O)[nH]c3c2)n1C. The van der Waals surface area contributed by atoms with Gasteiger partial charge in [-0.2, -0.15) is 0 Å². The number of aromatic nitrogens is 4. The molecule has 3 rings (SSSR count). The number of hydrogen-bond donors (Lipinski definition) is 2. The fraction of sp³-hybridized carbons (Fsp3) is 0.154. The average Bonchev–Trinajstić information content (AvgIpc) is 2.88. The third-order valence-corrected chi connectivity index (χ3v) is 3.25. The molecule has 2 N–H and O–H groups in total. The summed E-state index contributed by atoms with van der Waals surface area (Å²) >= 11 is 0. The van der Waals surface area contributed by atoms with Crippen LogP contribution in [0.5, 0.6) is 0 Å². The molecule has 6 heteroatoms. The van der Waals surface area contributed by atoms with E-state index in [1.165, 1.54) is 0 Å². The van der Waals surface area contributed by atoms with Gasteiger partial charge in [0.2, 0.25) is 0 Å². The van der Waals surface area contributed by atoms with E-state index in [9.17, 15) is 9.59 Å². The van der Waals surface area contributed by atoms with E-state index in [-0.39, 0.29) is 5.69 Å². The molecule has 0 unspecified atom stereocenters. The highest BCUT2D eigenvalue weighted by Crippen LogP contribution is 2.25. The third-order valence-electron chi connectivity index (χ3n) is 3.25. The zero-order valence-corrected chi connectivity index (χ0v) is 10.5. The lowest BCUT2D eigenvalue weighted by atomic mass is 10.1. The van der Waals surface area contributed by atoms with Crippen molar-refractivity contribution in [2.45, 2.75) is 6.92 Å². The number of nitrogens with zero attached hydrogens (tertiary/aromatic N) is 2. The second-order valence-corrected chi connectivity index (χ2v) is 4.41. The van der Waals surface area contributed by atoms with E-state index in [1.807, 2.05) is 30.7 Å².